The fourth-order valence-electron chi connectivity index (χ4n) is 3.37. The molecule has 2 heterocycles. The van der Waals surface area contributed by atoms with E-state index >= 15 is 0 Å². The second-order valence-electron chi connectivity index (χ2n) is 7.24. The summed E-state index contributed by atoms with van der Waals surface area (Å²) in [6, 6.07) is 11.2. The summed E-state index contributed by atoms with van der Waals surface area (Å²) in [6.07, 6.45) is 1.23. The maximum atomic E-state index is 13.1. The number of nitro groups is 1. The third-order valence-corrected chi connectivity index (χ3v) is 5.97. The summed E-state index contributed by atoms with van der Waals surface area (Å²) in [5.41, 5.74) is 1.11. The van der Waals surface area contributed by atoms with Crippen molar-refractivity contribution < 1.29 is 28.5 Å². The summed E-state index contributed by atoms with van der Waals surface area (Å²) in [7, 11) is 1.37. The predicted molar refractivity (Wildman–Crippen MR) is 125 cm³/mol. The van der Waals surface area contributed by atoms with Crippen LogP contribution in [0.1, 0.15) is 11.3 Å². The zero-order valence-electron chi connectivity index (χ0n) is 17.8. The van der Waals surface area contributed by atoms with Gasteiger partial charge >= 0.3 is 6.03 Å². The van der Waals surface area contributed by atoms with Gasteiger partial charge in [-0.15, -0.1) is 0 Å². The molecule has 0 bridgehead atoms. The molecule has 2 aromatic carbocycles. The molecule has 11 heteroatoms. The lowest BCUT2D eigenvalue weighted by atomic mass is 10.1. The van der Waals surface area contributed by atoms with Crippen LogP contribution in [0.4, 0.5) is 16.2 Å². The topological polar surface area (TPSA) is 132 Å². The van der Waals surface area contributed by atoms with Crippen LogP contribution in [0.3, 0.4) is 0 Å². The van der Waals surface area contributed by atoms with Crippen molar-refractivity contribution in [1.82, 2.24) is 5.32 Å². The number of amides is 4. The molecule has 0 radical (unpaired) electrons. The third-order valence-electron chi connectivity index (χ3n) is 5.08. The number of carbonyl (C=O) groups is 3. The molecule has 3 aromatic rings. The Hall–Kier alpha value is -4.25. The van der Waals surface area contributed by atoms with Gasteiger partial charge in [-0.25, -0.2) is 9.69 Å². The normalized spacial score (nSPS) is 15.0. The molecule has 1 fully saturated rings. The molecule has 10 nitrogen and oxygen atoms in total. The van der Waals surface area contributed by atoms with E-state index in [4.69, 9.17) is 9.15 Å². The van der Waals surface area contributed by atoms with Crippen LogP contribution in [0, 0.1) is 17.0 Å². The number of aryl methyl sites for hydroxylation is 1. The van der Waals surface area contributed by atoms with Gasteiger partial charge < -0.3 is 9.15 Å². The number of benzene rings is 2. The van der Waals surface area contributed by atoms with Crippen molar-refractivity contribution in [1.29, 1.82) is 0 Å². The van der Waals surface area contributed by atoms with E-state index in [0.29, 0.717) is 17.0 Å². The smallest absolute Gasteiger partial charge is 0.335 e. The van der Waals surface area contributed by atoms with Crippen LogP contribution in [0.5, 0.6) is 5.75 Å². The van der Waals surface area contributed by atoms with Gasteiger partial charge in [0.15, 0.2) is 0 Å². The van der Waals surface area contributed by atoms with Gasteiger partial charge in [-0.1, -0.05) is 15.9 Å². The van der Waals surface area contributed by atoms with E-state index in [2.05, 4.69) is 21.2 Å². The number of nitrogens with zero attached hydrogens (tertiary/aromatic N) is 2. The Morgan fingerprint density at radius 2 is 1.88 bits per heavy atom. The highest BCUT2D eigenvalue weighted by molar-refractivity contribution is 9.10. The second kappa shape index (κ2) is 8.94. The van der Waals surface area contributed by atoms with Gasteiger partial charge in [0.25, 0.3) is 17.5 Å². The molecular formula is C23H16BrN3O7. The van der Waals surface area contributed by atoms with Gasteiger partial charge in [-0.05, 0) is 55.0 Å². The van der Waals surface area contributed by atoms with Crippen molar-refractivity contribution in [2.45, 2.75) is 6.92 Å². The summed E-state index contributed by atoms with van der Waals surface area (Å²) >= 11 is 3.37. The highest BCUT2D eigenvalue weighted by Gasteiger charge is 2.37. The molecule has 1 aliphatic rings. The summed E-state index contributed by atoms with van der Waals surface area (Å²) in [5.74, 6) is -0.974. The number of imide groups is 2. The summed E-state index contributed by atoms with van der Waals surface area (Å²) in [6.45, 7) is 1.80. The quantitative estimate of drug-likeness (QED) is 0.222. The molecule has 1 N–H and O–H groups in total. The van der Waals surface area contributed by atoms with E-state index in [1.807, 2.05) is 0 Å². The Morgan fingerprint density at radius 1 is 1.12 bits per heavy atom. The molecule has 0 spiro atoms. The molecule has 0 saturated carbocycles. The number of nitrogens with one attached hydrogen (secondary N) is 1. The molecule has 34 heavy (non-hydrogen) atoms. The zero-order chi connectivity index (χ0) is 24.6. The van der Waals surface area contributed by atoms with Crippen LogP contribution in [0.2, 0.25) is 0 Å². The molecule has 4 amide bonds. The zero-order valence-corrected chi connectivity index (χ0v) is 19.4. The third kappa shape index (κ3) is 4.20. The number of anilines is 1. The first-order valence-electron chi connectivity index (χ1n) is 9.80. The minimum Gasteiger partial charge on any atom is -0.496 e. The molecule has 1 aliphatic heterocycles. The van der Waals surface area contributed by atoms with E-state index in [1.54, 1.807) is 31.2 Å². The fraction of sp³-hybridized carbons (Fsp3) is 0.0870. The van der Waals surface area contributed by atoms with Gasteiger partial charge in [-0.2, -0.15) is 0 Å². The van der Waals surface area contributed by atoms with Crippen LogP contribution in [-0.4, -0.2) is 29.9 Å². The van der Waals surface area contributed by atoms with Gasteiger partial charge in [0, 0.05) is 10.5 Å². The fourth-order valence-corrected chi connectivity index (χ4v) is 3.62. The molecule has 0 atom stereocenters. The van der Waals surface area contributed by atoms with Gasteiger partial charge in [0.2, 0.25) is 0 Å². The molecule has 0 unspecified atom stereocenters. The maximum absolute atomic E-state index is 13.1. The van der Waals surface area contributed by atoms with Crippen molar-refractivity contribution in [2.75, 3.05) is 12.0 Å². The number of hydrogen-bond donors (Lipinski definition) is 1. The predicted octanol–water partition coefficient (Wildman–Crippen LogP) is 4.60. The van der Waals surface area contributed by atoms with Gasteiger partial charge in [0.05, 0.1) is 29.4 Å². The number of carbonyl (C=O) groups excluding carboxylic acids is 3. The number of furan rings is 1. The molecule has 172 valence electrons. The average Bonchev–Trinajstić information content (AvgIpc) is 3.26. The van der Waals surface area contributed by atoms with Crippen molar-refractivity contribution in [3.63, 3.8) is 0 Å². The van der Waals surface area contributed by atoms with Crippen molar-refractivity contribution in [3.05, 3.63) is 80.0 Å². The molecule has 4 rings (SSSR count). The summed E-state index contributed by atoms with van der Waals surface area (Å²) in [4.78, 5) is 49.2. The van der Waals surface area contributed by atoms with Crippen molar-refractivity contribution in [3.8, 4) is 17.1 Å². The first-order chi connectivity index (χ1) is 16.2. The Bertz CT molecular complexity index is 1390. The minimum atomic E-state index is -0.857. The van der Waals surface area contributed by atoms with Crippen LogP contribution >= 0.6 is 15.9 Å². The van der Waals surface area contributed by atoms with Crippen LogP contribution in [-0.2, 0) is 9.59 Å². The van der Waals surface area contributed by atoms with Crippen molar-refractivity contribution >= 4 is 51.2 Å². The van der Waals surface area contributed by atoms with Crippen LogP contribution in [0.15, 0.2) is 63.0 Å². The SMILES string of the molecule is COc1cc([N+](=O)[O-])ccc1-c1ccc(/C=C2\C(=O)NC(=O)N(c3ccc(Br)c(C)c3)C2=O)o1. The van der Waals surface area contributed by atoms with E-state index in [0.717, 1.165) is 14.9 Å². The second-order valence-corrected chi connectivity index (χ2v) is 8.09. The highest BCUT2D eigenvalue weighted by atomic mass is 79.9. The monoisotopic (exact) mass is 525 g/mol. The number of non-ortho nitro benzene ring substituents is 1. The average molecular weight is 526 g/mol. The number of barbiturate groups is 1. The first kappa shape index (κ1) is 22.9. The van der Waals surface area contributed by atoms with E-state index < -0.39 is 22.8 Å². The first-order valence-corrected chi connectivity index (χ1v) is 10.6. The minimum absolute atomic E-state index is 0.146. The molecule has 1 aromatic heterocycles. The van der Waals surface area contributed by atoms with Gasteiger partial charge in [0.1, 0.15) is 22.8 Å². The number of halogens is 1. The Kier molecular flexibility index (Phi) is 6.03. The largest absolute Gasteiger partial charge is 0.496 e. The van der Waals surface area contributed by atoms with Crippen LogP contribution in [0.25, 0.3) is 17.4 Å². The van der Waals surface area contributed by atoms with E-state index in [-0.39, 0.29) is 22.8 Å². The Balaban J connectivity index is 1.68. The lowest BCUT2D eigenvalue weighted by Gasteiger charge is -2.26. The maximum Gasteiger partial charge on any atom is 0.335 e. The number of ether oxygens (including phenoxy) is 1. The van der Waals surface area contributed by atoms with Crippen molar-refractivity contribution in [2.24, 2.45) is 0 Å². The Labute approximate surface area is 201 Å². The Morgan fingerprint density at radius 3 is 2.56 bits per heavy atom. The standard InChI is InChI=1S/C23H16BrN3O7/c1-12-9-13(4-7-18(12)24)26-22(29)17(21(28)25-23(26)30)11-15-5-8-19(34-15)16-6-3-14(27(31)32)10-20(16)33-2/h3-11H,1-2H3,(H,25,28,30)/b17-11+. The number of methoxy groups -OCH3 is 1. The number of hydrogen-bond acceptors (Lipinski definition) is 7. The summed E-state index contributed by atoms with van der Waals surface area (Å²) in [5, 5.41) is 13.2. The van der Waals surface area contributed by atoms with E-state index in [1.165, 1.54) is 37.5 Å². The van der Waals surface area contributed by atoms with Gasteiger partial charge in [-0.3, -0.25) is 25.0 Å². The lowest BCUT2D eigenvalue weighted by Crippen LogP contribution is -2.54. The van der Waals surface area contributed by atoms with E-state index in [9.17, 15) is 24.5 Å². The lowest BCUT2D eigenvalue weighted by molar-refractivity contribution is -0.384. The molecular weight excluding hydrogens is 510 g/mol. The number of nitro benzene ring substituents is 1. The number of rotatable bonds is 5. The highest BCUT2D eigenvalue weighted by Crippen LogP contribution is 2.35. The molecule has 0 aliphatic carbocycles. The summed E-state index contributed by atoms with van der Waals surface area (Å²) < 4.78 is 11.8. The molecule has 1 saturated heterocycles. The van der Waals surface area contributed by atoms with Crippen LogP contribution < -0.4 is 15.0 Å². The number of urea groups is 1.